The third-order valence-electron chi connectivity index (χ3n) is 16.3. The molecule has 1 fully saturated rings. The van der Waals surface area contributed by atoms with Crippen molar-refractivity contribution in [1.29, 1.82) is 0 Å². The fourth-order valence-electron chi connectivity index (χ4n) is 10.7. The van der Waals surface area contributed by atoms with Crippen molar-refractivity contribution in [3.05, 3.63) is 122 Å². The molecule has 494 valence electrons. The van der Waals surface area contributed by atoms with E-state index in [9.17, 15) is 30.3 Å². The van der Waals surface area contributed by atoms with Crippen molar-refractivity contribution in [3.8, 4) is 0 Å². The Morgan fingerprint density at radius 3 is 1.07 bits per heavy atom. The van der Waals surface area contributed by atoms with Gasteiger partial charge in [0.05, 0.1) is 25.4 Å². The number of hydrogen-bond donors (Lipinski definition) is 6. The lowest BCUT2D eigenvalue weighted by molar-refractivity contribution is -0.302. The molecule has 1 saturated heterocycles. The fraction of sp³-hybridized carbons (Fsp3) is 0.727. The summed E-state index contributed by atoms with van der Waals surface area (Å²) in [7, 11) is 0. The van der Waals surface area contributed by atoms with E-state index in [1.807, 2.05) is 6.08 Å². The lowest BCUT2D eigenvalue weighted by Gasteiger charge is -2.40. The Morgan fingerprint density at radius 1 is 0.407 bits per heavy atom. The average Bonchev–Trinajstić information content (AvgIpc) is 3.59. The van der Waals surface area contributed by atoms with E-state index < -0.39 is 49.5 Å². The van der Waals surface area contributed by atoms with Gasteiger partial charge in [0.15, 0.2) is 6.29 Å². The number of nitrogens with one attached hydrogen (secondary N) is 1. The van der Waals surface area contributed by atoms with Crippen molar-refractivity contribution in [2.24, 2.45) is 0 Å². The van der Waals surface area contributed by atoms with E-state index in [1.165, 1.54) is 180 Å². The van der Waals surface area contributed by atoms with Crippen LogP contribution in [0.15, 0.2) is 122 Å². The summed E-state index contributed by atoms with van der Waals surface area (Å²) in [6.45, 7) is 3.67. The number of allylic oxidation sites excluding steroid dienone is 19. The van der Waals surface area contributed by atoms with Crippen LogP contribution in [0.5, 0.6) is 0 Å². The second-order valence-electron chi connectivity index (χ2n) is 24.3. The molecule has 0 aromatic rings. The molecule has 1 amide bonds. The summed E-state index contributed by atoms with van der Waals surface area (Å²) in [5.41, 5.74) is 0. The predicted molar refractivity (Wildman–Crippen MR) is 368 cm³/mol. The molecule has 0 spiro atoms. The van der Waals surface area contributed by atoms with Crippen molar-refractivity contribution in [3.63, 3.8) is 0 Å². The molecule has 0 bridgehead atoms. The number of aliphatic hydroxyl groups is 5. The Hall–Kier alpha value is -3.41. The molecule has 1 aliphatic heterocycles. The number of ether oxygens (including phenoxy) is 2. The third kappa shape index (κ3) is 52.5. The molecule has 0 aliphatic carbocycles. The molecule has 7 unspecified atom stereocenters. The van der Waals surface area contributed by atoms with Crippen molar-refractivity contribution in [2.45, 2.75) is 346 Å². The van der Waals surface area contributed by atoms with Crippen molar-refractivity contribution in [1.82, 2.24) is 5.32 Å². The first-order valence-corrected chi connectivity index (χ1v) is 35.8. The monoisotopic (exact) mass is 1200 g/mol. The highest BCUT2D eigenvalue weighted by molar-refractivity contribution is 5.76. The van der Waals surface area contributed by atoms with Crippen LogP contribution in [0.4, 0.5) is 0 Å². The van der Waals surface area contributed by atoms with Crippen LogP contribution in [0.25, 0.3) is 0 Å². The van der Waals surface area contributed by atoms with Crippen LogP contribution in [0.2, 0.25) is 0 Å². The van der Waals surface area contributed by atoms with E-state index in [0.717, 1.165) is 96.3 Å². The molecular weight excluding hydrogens is 1070 g/mol. The summed E-state index contributed by atoms with van der Waals surface area (Å²) in [5, 5.41) is 54.8. The van der Waals surface area contributed by atoms with Crippen LogP contribution in [0, 0.1) is 0 Å². The first-order chi connectivity index (χ1) is 42.3. The normalized spacial score (nSPS) is 18.8. The van der Waals surface area contributed by atoms with E-state index in [0.29, 0.717) is 12.8 Å². The summed E-state index contributed by atoms with van der Waals surface area (Å²) >= 11 is 0. The van der Waals surface area contributed by atoms with E-state index in [-0.39, 0.29) is 12.5 Å². The smallest absolute Gasteiger partial charge is 0.220 e. The Bertz CT molecular complexity index is 1780. The van der Waals surface area contributed by atoms with Gasteiger partial charge in [-0.1, -0.05) is 328 Å². The van der Waals surface area contributed by atoms with Gasteiger partial charge in [-0.05, 0) is 89.9 Å². The first kappa shape index (κ1) is 80.6. The minimum atomic E-state index is -1.58. The van der Waals surface area contributed by atoms with E-state index in [1.54, 1.807) is 6.08 Å². The predicted octanol–water partition coefficient (Wildman–Crippen LogP) is 19.8. The van der Waals surface area contributed by atoms with Crippen molar-refractivity contribution < 1.29 is 39.8 Å². The van der Waals surface area contributed by atoms with Gasteiger partial charge in [0.2, 0.25) is 5.91 Å². The lowest BCUT2D eigenvalue weighted by atomic mass is 9.99. The van der Waals surface area contributed by atoms with Gasteiger partial charge in [-0.3, -0.25) is 4.79 Å². The number of rotatable bonds is 61. The molecule has 9 nitrogen and oxygen atoms in total. The molecule has 0 aromatic heterocycles. The number of carbonyl (C=O) groups is 1. The summed E-state index contributed by atoms with van der Waals surface area (Å²) in [6.07, 6.45) is 90.2. The van der Waals surface area contributed by atoms with Gasteiger partial charge in [0.1, 0.15) is 24.4 Å². The molecule has 6 N–H and O–H groups in total. The highest BCUT2D eigenvalue weighted by atomic mass is 16.7. The van der Waals surface area contributed by atoms with Crippen LogP contribution < -0.4 is 5.32 Å². The van der Waals surface area contributed by atoms with Crippen molar-refractivity contribution >= 4 is 5.91 Å². The standard InChI is InChI=1S/C77H133NO8/c1-3-5-7-9-11-13-15-17-19-21-23-25-27-29-31-33-35-37-38-40-42-44-46-48-50-52-54-56-58-60-62-64-66-71(80)70(69-85-77-76(84)75(83)74(82)72(68-79)86-77)78-73(81)67-65-63-61-59-57-55-53-51-49-47-45-43-41-39-36-34-32-30-28-26-24-22-20-18-16-14-12-10-8-6-4-2/h6,8,12,14,18,20,24,26,30,32,36,39,43,45,49,51,55,57,64,66,70-72,74-77,79-80,82-84H,3-5,7,9-11,13,15-17,19,21-23,25,27-29,31,33-35,37-38,40-42,44,46-48,50,52-54,56,58-63,65,67-69H2,1-2H3,(H,78,81)/b8-6-,14-12-,20-18-,26-24-,32-30-,39-36-,45-43-,51-49-,57-55-,66-64+. The maximum Gasteiger partial charge on any atom is 0.220 e. The second-order valence-corrected chi connectivity index (χ2v) is 24.3. The zero-order chi connectivity index (χ0) is 62.1. The quantitative estimate of drug-likeness (QED) is 0.0261. The Balaban J connectivity index is 2.19. The van der Waals surface area contributed by atoms with Gasteiger partial charge in [-0.2, -0.15) is 0 Å². The lowest BCUT2D eigenvalue weighted by Crippen LogP contribution is -2.60. The first-order valence-electron chi connectivity index (χ1n) is 35.8. The Morgan fingerprint density at radius 2 is 0.721 bits per heavy atom. The van der Waals surface area contributed by atoms with Gasteiger partial charge in [-0.15, -0.1) is 0 Å². The molecule has 1 aliphatic rings. The summed E-state index contributed by atoms with van der Waals surface area (Å²) in [6, 6.07) is -0.835. The molecule has 9 heteroatoms. The van der Waals surface area contributed by atoms with Gasteiger partial charge in [0.25, 0.3) is 0 Å². The molecule has 86 heavy (non-hydrogen) atoms. The maximum atomic E-state index is 13.1. The molecule has 7 atom stereocenters. The summed E-state index contributed by atoms with van der Waals surface area (Å²) in [5.74, 6) is -0.210. The van der Waals surface area contributed by atoms with Crippen LogP contribution in [-0.2, 0) is 14.3 Å². The van der Waals surface area contributed by atoms with Gasteiger partial charge in [0, 0.05) is 6.42 Å². The van der Waals surface area contributed by atoms with Gasteiger partial charge in [-0.25, -0.2) is 0 Å². The second kappa shape index (κ2) is 64.6. The highest BCUT2D eigenvalue weighted by Gasteiger charge is 2.44. The van der Waals surface area contributed by atoms with Crippen molar-refractivity contribution in [2.75, 3.05) is 13.2 Å². The zero-order valence-electron chi connectivity index (χ0n) is 55.3. The maximum absolute atomic E-state index is 13.1. The Kier molecular flexibility index (Phi) is 60.5. The fourth-order valence-corrected chi connectivity index (χ4v) is 10.7. The zero-order valence-corrected chi connectivity index (χ0v) is 55.3. The van der Waals surface area contributed by atoms with E-state index in [4.69, 9.17) is 9.47 Å². The number of carbonyl (C=O) groups excluding carboxylic acids is 1. The molecule has 0 saturated carbocycles. The third-order valence-corrected chi connectivity index (χ3v) is 16.3. The van der Waals surface area contributed by atoms with Crippen LogP contribution in [0.3, 0.4) is 0 Å². The van der Waals surface area contributed by atoms with Gasteiger partial charge >= 0.3 is 0 Å². The molecule has 1 rings (SSSR count). The minimum Gasteiger partial charge on any atom is -0.394 e. The van der Waals surface area contributed by atoms with E-state index >= 15 is 0 Å². The summed E-state index contributed by atoms with van der Waals surface area (Å²) in [4.78, 5) is 13.1. The van der Waals surface area contributed by atoms with Crippen LogP contribution in [0.1, 0.15) is 303 Å². The summed E-state index contributed by atoms with van der Waals surface area (Å²) < 4.78 is 11.3. The largest absolute Gasteiger partial charge is 0.394 e. The average molecular weight is 1200 g/mol. The number of hydrogen-bond acceptors (Lipinski definition) is 8. The molecule has 1 heterocycles. The topological polar surface area (TPSA) is 149 Å². The number of aliphatic hydroxyl groups excluding tert-OH is 5. The SMILES string of the molecule is CC/C=C\C/C=C\C/C=C\C/C=C\C/C=C\C/C=C\C/C=C\C/C=C\C/C=C\CCCCCC(=O)NC(COC1OC(CO)C(O)C(O)C1O)C(O)/C=C/CCCCCCCCCCCCCCCCCCCCCCCCCCCCCCCC. The molecular formula is C77H133NO8. The van der Waals surface area contributed by atoms with Gasteiger partial charge < -0.3 is 40.3 Å². The Labute approximate surface area is 528 Å². The number of unbranched alkanes of at least 4 members (excludes halogenated alkanes) is 33. The molecule has 0 aromatic carbocycles. The van der Waals surface area contributed by atoms with Crippen LogP contribution in [-0.4, -0.2) is 87.5 Å². The van der Waals surface area contributed by atoms with E-state index in [2.05, 4.69) is 129 Å². The highest BCUT2D eigenvalue weighted by Crippen LogP contribution is 2.23. The molecule has 0 radical (unpaired) electrons. The van der Waals surface area contributed by atoms with Crippen LogP contribution >= 0.6 is 0 Å². The number of amides is 1. The minimum absolute atomic E-state index is 0.209.